The Hall–Kier alpha value is -0.970. The molecular formula is C15H16BrNOS. The minimum atomic E-state index is -0.0610. The third-order valence-corrected chi connectivity index (χ3v) is 4.36. The van der Waals surface area contributed by atoms with E-state index >= 15 is 0 Å². The number of hydrogen-bond acceptors (Lipinski definition) is 3. The largest absolute Gasteiger partial charge is 0.496 e. The Balaban J connectivity index is 2.36. The van der Waals surface area contributed by atoms with Crippen LogP contribution in [0, 0.1) is 0 Å². The molecule has 0 aromatic heterocycles. The van der Waals surface area contributed by atoms with E-state index in [-0.39, 0.29) is 6.04 Å². The first-order valence-corrected chi connectivity index (χ1v) is 7.58. The van der Waals surface area contributed by atoms with Gasteiger partial charge in [-0.25, -0.2) is 0 Å². The second-order valence-corrected chi connectivity index (χ2v) is 6.25. The van der Waals surface area contributed by atoms with Crippen LogP contribution in [0.5, 0.6) is 5.75 Å². The molecule has 0 heterocycles. The molecule has 2 aromatic carbocycles. The molecule has 0 fully saturated rings. The van der Waals surface area contributed by atoms with Gasteiger partial charge in [-0.1, -0.05) is 33.8 Å². The fourth-order valence-electron chi connectivity index (χ4n) is 1.87. The highest BCUT2D eigenvalue weighted by Crippen LogP contribution is 2.37. The average molecular weight is 338 g/mol. The van der Waals surface area contributed by atoms with Crippen molar-refractivity contribution in [3.63, 3.8) is 0 Å². The monoisotopic (exact) mass is 337 g/mol. The Bertz CT molecular complexity index is 555. The van der Waals surface area contributed by atoms with Gasteiger partial charge in [0.2, 0.25) is 0 Å². The summed E-state index contributed by atoms with van der Waals surface area (Å²) in [4.78, 5) is 2.31. The summed E-state index contributed by atoms with van der Waals surface area (Å²) in [5, 5.41) is 0. The number of ether oxygens (including phenoxy) is 1. The summed E-state index contributed by atoms with van der Waals surface area (Å²) in [6.45, 7) is 1.98. The van der Waals surface area contributed by atoms with Crippen LogP contribution in [0.3, 0.4) is 0 Å². The second kappa shape index (κ2) is 6.46. The quantitative estimate of drug-likeness (QED) is 0.883. The first kappa shape index (κ1) is 14.4. The van der Waals surface area contributed by atoms with Gasteiger partial charge in [-0.2, -0.15) is 0 Å². The lowest BCUT2D eigenvalue weighted by atomic mass is 10.1. The fraction of sp³-hybridized carbons (Fsp3) is 0.200. The zero-order chi connectivity index (χ0) is 13.8. The highest BCUT2D eigenvalue weighted by molar-refractivity contribution is 9.10. The average Bonchev–Trinajstić information content (AvgIpc) is 2.40. The lowest BCUT2D eigenvalue weighted by molar-refractivity contribution is 0.405. The number of rotatable bonds is 4. The molecule has 0 bridgehead atoms. The Morgan fingerprint density at radius 3 is 2.42 bits per heavy atom. The minimum absolute atomic E-state index is 0.0610. The fourth-order valence-corrected chi connectivity index (χ4v) is 3.20. The highest BCUT2D eigenvalue weighted by atomic mass is 79.9. The maximum Gasteiger partial charge on any atom is 0.124 e. The summed E-state index contributed by atoms with van der Waals surface area (Å²) in [7, 11) is 1.68. The van der Waals surface area contributed by atoms with Gasteiger partial charge in [0.1, 0.15) is 5.75 Å². The van der Waals surface area contributed by atoms with Crippen molar-refractivity contribution in [2.24, 2.45) is 5.73 Å². The van der Waals surface area contributed by atoms with Crippen molar-refractivity contribution in [1.82, 2.24) is 0 Å². The van der Waals surface area contributed by atoms with E-state index in [9.17, 15) is 0 Å². The van der Waals surface area contributed by atoms with E-state index in [4.69, 9.17) is 10.5 Å². The predicted octanol–water partition coefficient (Wildman–Crippen LogP) is 4.63. The summed E-state index contributed by atoms with van der Waals surface area (Å²) in [6.07, 6.45) is 0. The molecule has 100 valence electrons. The molecule has 4 heteroatoms. The molecule has 1 unspecified atom stereocenters. The number of benzene rings is 2. The molecule has 0 spiro atoms. The van der Waals surface area contributed by atoms with Crippen LogP contribution in [0.2, 0.25) is 0 Å². The van der Waals surface area contributed by atoms with Gasteiger partial charge in [0, 0.05) is 25.9 Å². The summed E-state index contributed by atoms with van der Waals surface area (Å²) < 4.78 is 6.48. The molecule has 0 saturated heterocycles. The number of hydrogen-bond donors (Lipinski definition) is 1. The highest BCUT2D eigenvalue weighted by Gasteiger charge is 2.13. The molecule has 2 aromatic rings. The molecule has 19 heavy (non-hydrogen) atoms. The van der Waals surface area contributed by atoms with Crippen LogP contribution < -0.4 is 10.5 Å². The van der Waals surface area contributed by atoms with Gasteiger partial charge in [-0.05, 0) is 43.3 Å². The molecule has 0 aliphatic heterocycles. The van der Waals surface area contributed by atoms with Gasteiger partial charge < -0.3 is 10.5 Å². The summed E-state index contributed by atoms with van der Waals surface area (Å²) in [5.41, 5.74) is 7.12. The van der Waals surface area contributed by atoms with E-state index in [1.807, 2.05) is 31.2 Å². The van der Waals surface area contributed by atoms with E-state index < -0.39 is 0 Å². The normalized spacial score (nSPS) is 12.2. The van der Waals surface area contributed by atoms with Gasteiger partial charge >= 0.3 is 0 Å². The number of nitrogens with two attached hydrogens (primary N) is 1. The molecule has 2 rings (SSSR count). The second-order valence-electron chi connectivity index (χ2n) is 4.22. The van der Waals surface area contributed by atoms with Gasteiger partial charge in [-0.3, -0.25) is 0 Å². The Kier molecular flexibility index (Phi) is 4.91. The van der Waals surface area contributed by atoms with Crippen LogP contribution in [0.4, 0.5) is 0 Å². The van der Waals surface area contributed by atoms with E-state index in [0.717, 1.165) is 20.7 Å². The zero-order valence-corrected chi connectivity index (χ0v) is 13.3. The molecular weight excluding hydrogens is 322 g/mol. The van der Waals surface area contributed by atoms with E-state index in [1.165, 1.54) is 4.90 Å². The standard InChI is InChI=1S/C15H16BrNOS/c1-10(17)15-13(18-2)4-3-5-14(15)19-12-8-6-11(16)7-9-12/h3-10H,17H2,1-2H3. The zero-order valence-electron chi connectivity index (χ0n) is 10.9. The van der Waals surface area contributed by atoms with E-state index in [0.29, 0.717) is 0 Å². The van der Waals surface area contributed by atoms with Crippen LogP contribution in [-0.4, -0.2) is 7.11 Å². The summed E-state index contributed by atoms with van der Waals surface area (Å²) in [6, 6.07) is 14.2. The molecule has 0 aliphatic rings. The van der Waals surface area contributed by atoms with Crippen LogP contribution in [-0.2, 0) is 0 Å². The van der Waals surface area contributed by atoms with Gasteiger partial charge in [0.25, 0.3) is 0 Å². The maximum atomic E-state index is 6.07. The van der Waals surface area contributed by atoms with Crippen LogP contribution in [0.1, 0.15) is 18.5 Å². The Morgan fingerprint density at radius 1 is 1.16 bits per heavy atom. The molecule has 0 radical (unpaired) electrons. The third-order valence-electron chi connectivity index (χ3n) is 2.74. The maximum absolute atomic E-state index is 6.07. The van der Waals surface area contributed by atoms with Gasteiger partial charge in [0.15, 0.2) is 0 Å². The summed E-state index contributed by atoms with van der Waals surface area (Å²) >= 11 is 5.14. The van der Waals surface area contributed by atoms with E-state index in [1.54, 1.807) is 18.9 Å². The van der Waals surface area contributed by atoms with Crippen molar-refractivity contribution < 1.29 is 4.74 Å². The Morgan fingerprint density at radius 2 is 1.84 bits per heavy atom. The van der Waals surface area contributed by atoms with Crippen molar-refractivity contribution >= 4 is 27.7 Å². The number of halogens is 1. The topological polar surface area (TPSA) is 35.2 Å². The SMILES string of the molecule is COc1cccc(Sc2ccc(Br)cc2)c1C(C)N. The smallest absolute Gasteiger partial charge is 0.124 e. The van der Waals surface area contributed by atoms with Crippen molar-refractivity contribution in [3.05, 3.63) is 52.5 Å². The van der Waals surface area contributed by atoms with E-state index in [2.05, 4.69) is 34.1 Å². The first-order chi connectivity index (χ1) is 9.11. The van der Waals surface area contributed by atoms with Crippen molar-refractivity contribution in [2.75, 3.05) is 7.11 Å². The van der Waals surface area contributed by atoms with Gasteiger partial charge in [0.05, 0.1) is 7.11 Å². The van der Waals surface area contributed by atoms with Crippen molar-refractivity contribution in [2.45, 2.75) is 22.8 Å². The molecule has 2 N–H and O–H groups in total. The molecule has 0 saturated carbocycles. The Labute approximate surface area is 126 Å². The number of methoxy groups -OCH3 is 1. The molecule has 1 atom stereocenters. The van der Waals surface area contributed by atoms with Crippen LogP contribution in [0.15, 0.2) is 56.7 Å². The molecule has 2 nitrogen and oxygen atoms in total. The third kappa shape index (κ3) is 3.53. The van der Waals surface area contributed by atoms with Crippen LogP contribution in [0.25, 0.3) is 0 Å². The van der Waals surface area contributed by atoms with Gasteiger partial charge in [-0.15, -0.1) is 0 Å². The first-order valence-electron chi connectivity index (χ1n) is 5.97. The lowest BCUT2D eigenvalue weighted by Gasteiger charge is -2.16. The molecule has 0 amide bonds. The summed E-state index contributed by atoms with van der Waals surface area (Å²) in [5.74, 6) is 0.845. The molecule has 0 aliphatic carbocycles. The lowest BCUT2D eigenvalue weighted by Crippen LogP contribution is -2.08. The van der Waals surface area contributed by atoms with Crippen molar-refractivity contribution in [3.8, 4) is 5.75 Å². The predicted molar refractivity (Wildman–Crippen MR) is 83.9 cm³/mol. The van der Waals surface area contributed by atoms with Crippen molar-refractivity contribution in [1.29, 1.82) is 0 Å². The van der Waals surface area contributed by atoms with Crippen LogP contribution >= 0.6 is 27.7 Å². The minimum Gasteiger partial charge on any atom is -0.496 e.